The number of carbonyl (C=O) groups excluding carboxylic acids is 1. The maximum absolute atomic E-state index is 14.2. The summed E-state index contributed by atoms with van der Waals surface area (Å²) in [7, 11) is 0. The molecule has 0 fully saturated rings. The van der Waals surface area contributed by atoms with Gasteiger partial charge in [-0.15, -0.1) is 0 Å². The third-order valence-electron chi connectivity index (χ3n) is 5.39. The van der Waals surface area contributed by atoms with Gasteiger partial charge < -0.3 is 10.2 Å². The van der Waals surface area contributed by atoms with Crippen LogP contribution in [0.2, 0.25) is 5.02 Å². The van der Waals surface area contributed by atoms with Crippen LogP contribution in [0.15, 0.2) is 36.4 Å². The van der Waals surface area contributed by atoms with Gasteiger partial charge in [-0.25, -0.2) is 4.39 Å². The van der Waals surface area contributed by atoms with Crippen molar-refractivity contribution in [1.82, 2.24) is 4.57 Å². The molecule has 0 radical (unpaired) electrons. The first kappa shape index (κ1) is 20.9. The van der Waals surface area contributed by atoms with Gasteiger partial charge in [-0.05, 0) is 42.7 Å². The van der Waals surface area contributed by atoms with Crippen LogP contribution in [0.5, 0.6) is 5.75 Å². The molecule has 1 aromatic heterocycles. The van der Waals surface area contributed by atoms with Crippen LogP contribution in [0.1, 0.15) is 47.8 Å². The van der Waals surface area contributed by atoms with Crippen molar-refractivity contribution in [2.24, 2.45) is 5.92 Å². The number of phenolic OH excluding ortho intramolecular Hbond substituents is 1. The van der Waals surface area contributed by atoms with E-state index in [-0.39, 0.29) is 17.0 Å². The molecule has 0 spiro atoms. The second-order valence-electron chi connectivity index (χ2n) is 7.17. The molecule has 7 heteroatoms. The van der Waals surface area contributed by atoms with E-state index < -0.39 is 29.4 Å². The molecule has 2 aromatic carbocycles. The standard InChI is InChI=1S/C22H21ClFNO4/c1-4-11(2)19(22(28)29)20-12(3)25(17-10-16(24)18(26)9-15(17)20)21(27)13-6-5-7-14(23)8-13/h5-11,19,26H,4H2,1-3H3,(H,28,29)/t11-,19?/m0/s1. The number of aromatic hydroxyl groups is 1. The minimum Gasteiger partial charge on any atom is -0.505 e. The number of aliphatic carboxylic acids is 1. The summed E-state index contributed by atoms with van der Waals surface area (Å²) in [5.41, 5.74) is 1.27. The lowest BCUT2D eigenvalue weighted by Gasteiger charge is -2.20. The van der Waals surface area contributed by atoms with Crippen molar-refractivity contribution >= 4 is 34.4 Å². The molecule has 0 aliphatic carbocycles. The normalized spacial score (nSPS) is 13.4. The molecule has 0 saturated heterocycles. The number of nitrogens with zero attached hydrogens (tertiary/aromatic N) is 1. The van der Waals surface area contributed by atoms with E-state index >= 15 is 0 Å². The summed E-state index contributed by atoms with van der Waals surface area (Å²) in [5.74, 6) is -4.14. The Morgan fingerprint density at radius 1 is 1.24 bits per heavy atom. The van der Waals surface area contributed by atoms with Gasteiger partial charge in [0.15, 0.2) is 11.6 Å². The molecule has 3 rings (SSSR count). The topological polar surface area (TPSA) is 79.5 Å². The first-order valence-corrected chi connectivity index (χ1v) is 9.61. The van der Waals surface area contributed by atoms with E-state index in [0.29, 0.717) is 28.1 Å². The molecular weight excluding hydrogens is 397 g/mol. The molecule has 1 heterocycles. The molecule has 0 amide bonds. The third kappa shape index (κ3) is 3.60. The lowest BCUT2D eigenvalue weighted by molar-refractivity contribution is -0.140. The number of aromatic nitrogens is 1. The highest BCUT2D eigenvalue weighted by Gasteiger charge is 2.33. The SMILES string of the molecule is CC[C@H](C)C(C(=O)O)c1c(C)n(C(=O)c2cccc(Cl)c2)c2cc(F)c(O)cc12. The van der Waals surface area contributed by atoms with Gasteiger partial charge in [-0.2, -0.15) is 0 Å². The molecule has 0 aliphatic rings. The van der Waals surface area contributed by atoms with Gasteiger partial charge in [-0.3, -0.25) is 14.2 Å². The van der Waals surface area contributed by atoms with Crippen LogP contribution in [0.3, 0.4) is 0 Å². The number of carboxylic acid groups (broad SMARTS) is 1. The second kappa shape index (κ2) is 7.87. The van der Waals surface area contributed by atoms with Crippen molar-refractivity contribution in [3.63, 3.8) is 0 Å². The van der Waals surface area contributed by atoms with Crippen molar-refractivity contribution in [2.45, 2.75) is 33.1 Å². The molecule has 2 atom stereocenters. The molecule has 1 unspecified atom stereocenters. The third-order valence-corrected chi connectivity index (χ3v) is 5.62. The van der Waals surface area contributed by atoms with Crippen molar-refractivity contribution < 1.29 is 24.2 Å². The van der Waals surface area contributed by atoms with Crippen LogP contribution < -0.4 is 0 Å². The Morgan fingerprint density at radius 2 is 1.93 bits per heavy atom. The zero-order valence-electron chi connectivity index (χ0n) is 16.2. The summed E-state index contributed by atoms with van der Waals surface area (Å²) in [5, 5.41) is 20.5. The van der Waals surface area contributed by atoms with Crippen molar-refractivity contribution in [3.8, 4) is 5.75 Å². The average molecular weight is 418 g/mol. The summed E-state index contributed by atoms with van der Waals surface area (Å²) < 4.78 is 15.5. The zero-order chi connectivity index (χ0) is 21.5. The van der Waals surface area contributed by atoms with E-state index in [9.17, 15) is 24.2 Å². The highest BCUT2D eigenvalue weighted by molar-refractivity contribution is 6.31. The van der Waals surface area contributed by atoms with Crippen LogP contribution in [0.25, 0.3) is 10.9 Å². The van der Waals surface area contributed by atoms with Crippen molar-refractivity contribution in [3.05, 3.63) is 64.1 Å². The number of rotatable bonds is 5. The molecular formula is C22H21ClFNO4. The molecule has 3 aromatic rings. The fourth-order valence-corrected chi connectivity index (χ4v) is 3.93. The van der Waals surface area contributed by atoms with Gasteiger partial charge >= 0.3 is 5.97 Å². The maximum atomic E-state index is 14.2. The number of carboxylic acids is 1. The Kier molecular flexibility index (Phi) is 5.66. The predicted molar refractivity (Wildman–Crippen MR) is 109 cm³/mol. The zero-order valence-corrected chi connectivity index (χ0v) is 17.0. The average Bonchev–Trinajstić information content (AvgIpc) is 2.93. The minimum absolute atomic E-state index is 0.201. The Labute approximate surface area is 172 Å². The maximum Gasteiger partial charge on any atom is 0.311 e. The summed E-state index contributed by atoms with van der Waals surface area (Å²) >= 11 is 6.01. The summed E-state index contributed by atoms with van der Waals surface area (Å²) in [4.78, 5) is 25.3. The smallest absolute Gasteiger partial charge is 0.311 e. The van der Waals surface area contributed by atoms with Crippen molar-refractivity contribution in [2.75, 3.05) is 0 Å². The molecule has 5 nitrogen and oxygen atoms in total. The largest absolute Gasteiger partial charge is 0.505 e. The Morgan fingerprint density at radius 3 is 2.52 bits per heavy atom. The number of halogens is 2. The van der Waals surface area contributed by atoms with Crippen LogP contribution in [0, 0.1) is 18.7 Å². The Hall–Kier alpha value is -2.86. The van der Waals surface area contributed by atoms with E-state index in [1.54, 1.807) is 25.1 Å². The highest BCUT2D eigenvalue weighted by atomic mass is 35.5. The fraction of sp³-hybridized carbons (Fsp3) is 0.273. The molecule has 0 bridgehead atoms. The molecule has 152 valence electrons. The van der Waals surface area contributed by atoms with E-state index in [2.05, 4.69) is 0 Å². The van der Waals surface area contributed by atoms with E-state index in [0.717, 1.165) is 6.07 Å². The molecule has 2 N–H and O–H groups in total. The van der Waals surface area contributed by atoms with E-state index in [1.807, 2.05) is 13.8 Å². The summed E-state index contributed by atoms with van der Waals surface area (Å²) in [6, 6.07) is 8.58. The number of phenols is 1. The first-order valence-electron chi connectivity index (χ1n) is 9.23. The number of benzene rings is 2. The number of hydrogen-bond donors (Lipinski definition) is 2. The van der Waals surface area contributed by atoms with Gasteiger partial charge in [0, 0.05) is 27.7 Å². The van der Waals surface area contributed by atoms with E-state index in [1.165, 1.54) is 16.7 Å². The number of carbonyl (C=O) groups is 2. The second-order valence-corrected chi connectivity index (χ2v) is 7.61. The lowest BCUT2D eigenvalue weighted by Crippen LogP contribution is -2.21. The molecule has 29 heavy (non-hydrogen) atoms. The van der Waals surface area contributed by atoms with Gasteiger partial charge in [0.05, 0.1) is 11.4 Å². The number of hydrogen-bond acceptors (Lipinski definition) is 3. The highest BCUT2D eigenvalue weighted by Crippen LogP contribution is 2.39. The van der Waals surface area contributed by atoms with Crippen LogP contribution in [-0.4, -0.2) is 26.7 Å². The summed E-state index contributed by atoms with van der Waals surface area (Å²) in [6.07, 6.45) is 0.596. The predicted octanol–water partition coefficient (Wildman–Crippen LogP) is 5.35. The first-order chi connectivity index (χ1) is 13.7. The van der Waals surface area contributed by atoms with Crippen LogP contribution >= 0.6 is 11.6 Å². The van der Waals surface area contributed by atoms with Crippen LogP contribution in [0.4, 0.5) is 4.39 Å². The van der Waals surface area contributed by atoms with Gasteiger partial charge in [0.25, 0.3) is 5.91 Å². The van der Waals surface area contributed by atoms with Crippen molar-refractivity contribution in [1.29, 1.82) is 0 Å². The molecule has 0 saturated carbocycles. The Balaban J connectivity index is 2.37. The minimum atomic E-state index is -1.04. The number of fused-ring (bicyclic) bond motifs is 1. The monoisotopic (exact) mass is 417 g/mol. The van der Waals surface area contributed by atoms with Gasteiger partial charge in [-0.1, -0.05) is 37.9 Å². The van der Waals surface area contributed by atoms with Crippen LogP contribution in [-0.2, 0) is 4.79 Å². The lowest BCUT2D eigenvalue weighted by atomic mass is 9.84. The summed E-state index contributed by atoms with van der Waals surface area (Å²) in [6.45, 7) is 5.32. The fourth-order valence-electron chi connectivity index (χ4n) is 3.74. The van der Waals surface area contributed by atoms with E-state index in [4.69, 9.17) is 11.6 Å². The van der Waals surface area contributed by atoms with Gasteiger partial charge in [0.2, 0.25) is 0 Å². The Bertz CT molecular complexity index is 1120. The molecule has 0 aliphatic heterocycles. The quantitative estimate of drug-likeness (QED) is 0.586. The van der Waals surface area contributed by atoms with Gasteiger partial charge in [0.1, 0.15) is 0 Å².